The molecule has 1 aliphatic heterocycles. The summed E-state index contributed by atoms with van der Waals surface area (Å²) in [5.41, 5.74) is 7.74. The number of aromatic amines is 1. The Labute approximate surface area is 194 Å². The number of unbranched alkanes of at least 4 members (excludes halogenated alkanes) is 1. The highest BCUT2D eigenvalue weighted by molar-refractivity contribution is 5.99. The third kappa shape index (κ3) is 4.56. The largest absolute Gasteiger partial charge is 0.383 e. The fourth-order valence-corrected chi connectivity index (χ4v) is 5.24. The van der Waals surface area contributed by atoms with Gasteiger partial charge in [0.25, 0.3) is 5.56 Å². The highest BCUT2D eigenvalue weighted by atomic mass is 16.2. The number of aryl methyl sites for hydroxylation is 1. The summed E-state index contributed by atoms with van der Waals surface area (Å²) in [5, 5.41) is 0. The van der Waals surface area contributed by atoms with Crippen molar-refractivity contribution in [3.8, 4) is 0 Å². The highest BCUT2D eigenvalue weighted by Crippen LogP contribution is 2.33. The molecule has 1 atom stereocenters. The van der Waals surface area contributed by atoms with Crippen LogP contribution in [0.4, 0.5) is 17.2 Å². The number of aromatic nitrogens is 2. The van der Waals surface area contributed by atoms with Gasteiger partial charge in [-0.25, -0.2) is 4.79 Å². The van der Waals surface area contributed by atoms with Crippen LogP contribution in [-0.2, 0) is 17.8 Å². The second-order valence-electron chi connectivity index (χ2n) is 9.34. The molecule has 1 saturated carbocycles. The average molecular weight is 454 g/mol. The van der Waals surface area contributed by atoms with Gasteiger partial charge in [-0.2, -0.15) is 0 Å². The first kappa shape index (κ1) is 23.1. The number of nitrogens with zero attached hydrogens (tertiary/aromatic N) is 3. The van der Waals surface area contributed by atoms with Gasteiger partial charge in [0.2, 0.25) is 5.91 Å². The number of nitrogen functional groups attached to an aromatic ring is 1. The SMILES string of the molecule is CCCCn1c(N)c(N(C(=O)CN2c3ccccc3CCC2C)C2CCCC2)c(=O)[nH]c1=O. The summed E-state index contributed by atoms with van der Waals surface area (Å²) >= 11 is 0. The Hall–Kier alpha value is -3.03. The van der Waals surface area contributed by atoms with E-state index in [2.05, 4.69) is 28.9 Å². The maximum atomic E-state index is 13.9. The van der Waals surface area contributed by atoms with Gasteiger partial charge < -0.3 is 10.6 Å². The van der Waals surface area contributed by atoms with Crippen molar-refractivity contribution in [1.82, 2.24) is 9.55 Å². The van der Waals surface area contributed by atoms with E-state index in [0.717, 1.165) is 57.1 Å². The van der Waals surface area contributed by atoms with Crippen LogP contribution in [0.5, 0.6) is 0 Å². The van der Waals surface area contributed by atoms with E-state index in [1.165, 1.54) is 10.1 Å². The molecule has 33 heavy (non-hydrogen) atoms. The molecule has 2 aliphatic rings. The molecule has 1 fully saturated rings. The summed E-state index contributed by atoms with van der Waals surface area (Å²) in [4.78, 5) is 45.4. The minimum absolute atomic E-state index is 0.0875. The first-order valence-corrected chi connectivity index (χ1v) is 12.2. The van der Waals surface area contributed by atoms with Gasteiger partial charge in [-0.15, -0.1) is 0 Å². The number of H-pyrrole nitrogens is 1. The van der Waals surface area contributed by atoms with Crippen molar-refractivity contribution in [3.63, 3.8) is 0 Å². The maximum absolute atomic E-state index is 13.9. The van der Waals surface area contributed by atoms with Gasteiger partial charge in [-0.05, 0) is 50.7 Å². The van der Waals surface area contributed by atoms with Crippen LogP contribution in [0.3, 0.4) is 0 Å². The summed E-state index contributed by atoms with van der Waals surface area (Å²) in [5.74, 6) is -0.0621. The lowest BCUT2D eigenvalue weighted by Gasteiger charge is -2.39. The monoisotopic (exact) mass is 453 g/mol. The molecule has 2 heterocycles. The lowest BCUT2D eigenvalue weighted by molar-refractivity contribution is -0.117. The van der Waals surface area contributed by atoms with Crippen molar-refractivity contribution >= 4 is 23.1 Å². The third-order valence-electron chi connectivity index (χ3n) is 7.12. The molecule has 4 rings (SSSR count). The summed E-state index contributed by atoms with van der Waals surface area (Å²) in [6, 6.07) is 8.32. The first-order chi connectivity index (χ1) is 15.9. The fourth-order valence-electron chi connectivity index (χ4n) is 5.24. The minimum atomic E-state index is -0.586. The van der Waals surface area contributed by atoms with E-state index in [1.807, 2.05) is 19.1 Å². The Bertz CT molecular complexity index is 1120. The van der Waals surface area contributed by atoms with Gasteiger partial charge in [0.05, 0.1) is 6.54 Å². The van der Waals surface area contributed by atoms with Crippen LogP contribution < -0.4 is 26.8 Å². The van der Waals surface area contributed by atoms with Crippen molar-refractivity contribution in [3.05, 3.63) is 50.7 Å². The molecule has 1 aliphatic carbocycles. The van der Waals surface area contributed by atoms with E-state index >= 15 is 0 Å². The number of anilines is 3. The lowest BCUT2D eigenvalue weighted by Crippen LogP contribution is -2.51. The molecule has 0 saturated heterocycles. The van der Waals surface area contributed by atoms with E-state index in [0.29, 0.717) is 6.54 Å². The number of fused-ring (bicyclic) bond motifs is 1. The number of carbonyl (C=O) groups is 1. The second kappa shape index (κ2) is 9.85. The topological polar surface area (TPSA) is 104 Å². The van der Waals surface area contributed by atoms with Crippen LogP contribution in [0, 0.1) is 0 Å². The van der Waals surface area contributed by atoms with Gasteiger partial charge in [0, 0.05) is 24.3 Å². The number of benzene rings is 1. The molecule has 2 aromatic rings. The Morgan fingerprint density at radius 2 is 1.91 bits per heavy atom. The number of carbonyl (C=O) groups excluding carboxylic acids is 1. The van der Waals surface area contributed by atoms with Crippen LogP contribution in [0.25, 0.3) is 0 Å². The molecule has 0 spiro atoms. The zero-order chi connectivity index (χ0) is 23.5. The number of rotatable bonds is 7. The standard InChI is InChI=1S/C25H35N5O3/c1-3-4-15-28-23(26)22(24(32)27-25(28)33)30(19-10-6-7-11-19)21(31)16-29-17(2)13-14-18-9-5-8-12-20(18)29/h5,8-9,12,17,19H,3-4,6-7,10-11,13-16,26H2,1-2H3,(H,27,32,33). The quantitative estimate of drug-likeness (QED) is 0.671. The minimum Gasteiger partial charge on any atom is -0.383 e. The molecule has 1 aromatic carbocycles. The average Bonchev–Trinajstić information content (AvgIpc) is 3.32. The Morgan fingerprint density at radius 3 is 2.64 bits per heavy atom. The number of nitrogens with one attached hydrogen (secondary N) is 1. The summed E-state index contributed by atoms with van der Waals surface area (Å²) in [7, 11) is 0. The molecule has 0 bridgehead atoms. The zero-order valence-electron chi connectivity index (χ0n) is 19.7. The first-order valence-electron chi connectivity index (χ1n) is 12.2. The van der Waals surface area contributed by atoms with Crippen LogP contribution in [0.15, 0.2) is 33.9 Å². The van der Waals surface area contributed by atoms with Crippen LogP contribution in [0.2, 0.25) is 0 Å². The third-order valence-corrected chi connectivity index (χ3v) is 7.12. The molecule has 3 N–H and O–H groups in total. The predicted octanol–water partition coefficient (Wildman–Crippen LogP) is 3.04. The highest BCUT2D eigenvalue weighted by Gasteiger charge is 2.35. The number of hydrogen-bond acceptors (Lipinski definition) is 5. The second-order valence-corrected chi connectivity index (χ2v) is 9.34. The summed E-state index contributed by atoms with van der Waals surface area (Å²) in [6.45, 7) is 4.74. The van der Waals surface area contributed by atoms with Crippen molar-refractivity contribution in [2.45, 2.75) is 83.8 Å². The van der Waals surface area contributed by atoms with Crippen molar-refractivity contribution in [1.29, 1.82) is 0 Å². The molecular weight excluding hydrogens is 418 g/mol. The van der Waals surface area contributed by atoms with Crippen molar-refractivity contribution in [2.75, 3.05) is 22.1 Å². The molecule has 1 aromatic heterocycles. The molecule has 1 amide bonds. The maximum Gasteiger partial charge on any atom is 0.330 e. The molecule has 0 radical (unpaired) electrons. The van der Waals surface area contributed by atoms with E-state index in [-0.39, 0.29) is 36.0 Å². The zero-order valence-corrected chi connectivity index (χ0v) is 19.7. The van der Waals surface area contributed by atoms with E-state index in [1.54, 1.807) is 4.90 Å². The number of nitrogens with two attached hydrogens (primary N) is 1. The smallest absolute Gasteiger partial charge is 0.330 e. The Morgan fingerprint density at radius 1 is 1.18 bits per heavy atom. The predicted molar refractivity (Wildman–Crippen MR) is 132 cm³/mol. The van der Waals surface area contributed by atoms with Crippen LogP contribution in [0.1, 0.15) is 64.4 Å². The van der Waals surface area contributed by atoms with Gasteiger partial charge in [0.15, 0.2) is 5.69 Å². The number of hydrogen-bond donors (Lipinski definition) is 2. The Kier molecular flexibility index (Phi) is 6.91. The fraction of sp³-hybridized carbons (Fsp3) is 0.560. The normalized spacial score (nSPS) is 18.4. The molecular formula is C25H35N5O3. The Balaban J connectivity index is 1.73. The number of para-hydroxylation sites is 1. The van der Waals surface area contributed by atoms with Gasteiger partial charge in [0.1, 0.15) is 5.82 Å². The lowest BCUT2D eigenvalue weighted by atomic mass is 9.96. The molecule has 8 heteroatoms. The molecule has 1 unspecified atom stereocenters. The molecule has 178 valence electrons. The van der Waals surface area contributed by atoms with Crippen LogP contribution >= 0.6 is 0 Å². The van der Waals surface area contributed by atoms with Crippen molar-refractivity contribution < 1.29 is 4.79 Å². The van der Waals surface area contributed by atoms with Gasteiger partial charge >= 0.3 is 5.69 Å². The summed E-state index contributed by atoms with van der Waals surface area (Å²) in [6.07, 6.45) is 7.26. The van der Waals surface area contributed by atoms with E-state index in [4.69, 9.17) is 5.73 Å². The number of amides is 1. The van der Waals surface area contributed by atoms with Gasteiger partial charge in [-0.3, -0.25) is 24.0 Å². The van der Waals surface area contributed by atoms with Crippen LogP contribution in [-0.4, -0.2) is 34.1 Å². The molecule has 8 nitrogen and oxygen atoms in total. The van der Waals surface area contributed by atoms with E-state index < -0.39 is 11.2 Å². The van der Waals surface area contributed by atoms with E-state index in [9.17, 15) is 14.4 Å². The summed E-state index contributed by atoms with van der Waals surface area (Å²) < 4.78 is 1.40. The van der Waals surface area contributed by atoms with Crippen molar-refractivity contribution in [2.24, 2.45) is 0 Å². The van der Waals surface area contributed by atoms with Gasteiger partial charge in [-0.1, -0.05) is 44.4 Å².